The fourth-order valence-corrected chi connectivity index (χ4v) is 5.56. The number of nitrogens with one attached hydrogen (secondary N) is 1. The highest BCUT2D eigenvalue weighted by Crippen LogP contribution is 2.35. The molecule has 1 aliphatic rings. The molecule has 12 heteroatoms. The van der Waals surface area contributed by atoms with Gasteiger partial charge in [-0.25, -0.2) is 13.6 Å². The van der Waals surface area contributed by atoms with Gasteiger partial charge in [0.2, 0.25) is 5.91 Å². The van der Waals surface area contributed by atoms with E-state index in [0.29, 0.717) is 26.0 Å². The predicted octanol–water partition coefficient (Wildman–Crippen LogP) is 5.19. The maximum atomic E-state index is 13.5. The van der Waals surface area contributed by atoms with Crippen LogP contribution in [0.4, 0.5) is 14.5 Å². The molecule has 1 fully saturated rings. The van der Waals surface area contributed by atoms with Gasteiger partial charge in [0.1, 0.15) is 4.32 Å². The number of benzene rings is 2. The van der Waals surface area contributed by atoms with E-state index in [1.165, 1.54) is 46.6 Å². The van der Waals surface area contributed by atoms with Crippen molar-refractivity contribution in [1.29, 1.82) is 0 Å². The SMILES string of the molecule is O=C(CCN1C(=O)/C(=C/c2cc(-c3ccc(F)c(F)c3)cs2)SC1=S)Nc1ccc(C(=O)C(=O)O)cc1. The third-order valence-electron chi connectivity index (χ3n) is 5.21. The Morgan fingerprint density at radius 3 is 2.43 bits per heavy atom. The van der Waals surface area contributed by atoms with Crippen LogP contribution in [0.5, 0.6) is 0 Å². The van der Waals surface area contributed by atoms with Crippen LogP contribution < -0.4 is 5.32 Å². The maximum absolute atomic E-state index is 13.5. The van der Waals surface area contributed by atoms with Crippen LogP contribution in [0.1, 0.15) is 21.7 Å². The fourth-order valence-electron chi connectivity index (χ4n) is 3.34. The highest BCUT2D eigenvalue weighted by atomic mass is 32.2. The second-order valence-corrected chi connectivity index (χ2v) is 10.3. The van der Waals surface area contributed by atoms with Crippen LogP contribution in [0.15, 0.2) is 58.8 Å². The number of rotatable bonds is 8. The van der Waals surface area contributed by atoms with Crippen molar-refractivity contribution in [2.75, 3.05) is 11.9 Å². The van der Waals surface area contributed by atoms with E-state index < -0.39 is 29.3 Å². The number of nitrogens with zero attached hydrogens (tertiary/aromatic N) is 1. The number of hydrogen-bond donors (Lipinski definition) is 2. The summed E-state index contributed by atoms with van der Waals surface area (Å²) in [5.41, 5.74) is 1.54. The molecule has 0 unspecified atom stereocenters. The van der Waals surface area contributed by atoms with Gasteiger partial charge in [-0.1, -0.05) is 30.0 Å². The monoisotopic (exact) mass is 558 g/mol. The van der Waals surface area contributed by atoms with E-state index in [-0.39, 0.29) is 24.4 Å². The molecule has 188 valence electrons. The van der Waals surface area contributed by atoms with Gasteiger partial charge in [-0.05, 0) is 65.0 Å². The zero-order chi connectivity index (χ0) is 26.7. The van der Waals surface area contributed by atoms with E-state index in [1.807, 2.05) is 0 Å². The lowest BCUT2D eigenvalue weighted by Gasteiger charge is -2.14. The molecule has 7 nitrogen and oxygen atoms in total. The van der Waals surface area contributed by atoms with Gasteiger partial charge in [0.05, 0.1) is 4.91 Å². The molecular weight excluding hydrogens is 542 g/mol. The van der Waals surface area contributed by atoms with Crippen molar-refractivity contribution < 1.29 is 33.1 Å². The van der Waals surface area contributed by atoms with Crippen LogP contribution in [-0.2, 0) is 14.4 Å². The Morgan fingerprint density at radius 1 is 1.03 bits per heavy atom. The van der Waals surface area contributed by atoms with E-state index >= 15 is 0 Å². The molecule has 0 aliphatic carbocycles. The predicted molar refractivity (Wildman–Crippen MR) is 141 cm³/mol. The molecule has 0 radical (unpaired) electrons. The number of thioether (sulfide) groups is 1. The number of aliphatic carboxylic acids is 1. The molecule has 0 spiro atoms. The number of amides is 2. The number of Topliss-reactive ketones (excluding diaryl/α,β-unsaturated/α-hetero) is 1. The van der Waals surface area contributed by atoms with Gasteiger partial charge < -0.3 is 10.4 Å². The topological polar surface area (TPSA) is 104 Å². The lowest BCUT2D eigenvalue weighted by atomic mass is 10.1. The number of carbonyl (C=O) groups excluding carboxylic acids is 3. The number of carbonyl (C=O) groups is 4. The third kappa shape index (κ3) is 6.16. The molecular formula is C25H16F2N2O5S3. The normalized spacial score (nSPS) is 14.3. The van der Waals surface area contributed by atoms with Crippen LogP contribution in [-0.4, -0.2) is 44.4 Å². The average Bonchev–Trinajstić information content (AvgIpc) is 3.43. The lowest BCUT2D eigenvalue weighted by Crippen LogP contribution is -2.31. The van der Waals surface area contributed by atoms with E-state index in [2.05, 4.69) is 5.32 Å². The molecule has 2 N–H and O–H groups in total. The molecule has 4 rings (SSSR count). The van der Waals surface area contributed by atoms with Crippen LogP contribution in [0.2, 0.25) is 0 Å². The van der Waals surface area contributed by atoms with E-state index in [0.717, 1.165) is 28.8 Å². The molecule has 1 aliphatic heterocycles. The van der Waals surface area contributed by atoms with Gasteiger partial charge >= 0.3 is 5.97 Å². The Kier molecular flexibility index (Phi) is 7.91. The first-order chi connectivity index (χ1) is 17.6. The van der Waals surface area contributed by atoms with Gasteiger partial charge in [0.25, 0.3) is 11.7 Å². The fraction of sp³-hybridized carbons (Fsp3) is 0.0800. The molecule has 2 heterocycles. The van der Waals surface area contributed by atoms with Crippen molar-refractivity contribution >= 4 is 75.0 Å². The summed E-state index contributed by atoms with van der Waals surface area (Å²) in [7, 11) is 0. The van der Waals surface area contributed by atoms with Crippen molar-refractivity contribution in [3.63, 3.8) is 0 Å². The minimum absolute atomic E-state index is 0.0162. The number of ketones is 1. The second kappa shape index (κ2) is 11.1. The Morgan fingerprint density at radius 2 is 1.76 bits per heavy atom. The Balaban J connectivity index is 1.35. The number of thiophene rings is 1. The van der Waals surface area contributed by atoms with Crippen molar-refractivity contribution in [2.45, 2.75) is 6.42 Å². The number of hydrogen-bond acceptors (Lipinski definition) is 7. The van der Waals surface area contributed by atoms with E-state index in [4.69, 9.17) is 17.3 Å². The zero-order valence-corrected chi connectivity index (χ0v) is 21.1. The quantitative estimate of drug-likeness (QED) is 0.170. The third-order valence-corrected chi connectivity index (χ3v) is 7.46. The molecule has 0 bridgehead atoms. The summed E-state index contributed by atoms with van der Waals surface area (Å²) in [6.45, 7) is 0.0496. The summed E-state index contributed by atoms with van der Waals surface area (Å²) >= 11 is 7.74. The summed E-state index contributed by atoms with van der Waals surface area (Å²) in [5.74, 6) is -5.24. The average molecular weight is 559 g/mol. The summed E-state index contributed by atoms with van der Waals surface area (Å²) in [4.78, 5) is 49.8. The highest BCUT2D eigenvalue weighted by molar-refractivity contribution is 8.26. The van der Waals surface area contributed by atoms with Crippen molar-refractivity contribution in [3.05, 3.63) is 80.9 Å². The highest BCUT2D eigenvalue weighted by Gasteiger charge is 2.32. The number of anilines is 1. The van der Waals surface area contributed by atoms with E-state index in [1.54, 1.807) is 17.5 Å². The zero-order valence-electron chi connectivity index (χ0n) is 18.7. The number of halogens is 2. The first-order valence-electron chi connectivity index (χ1n) is 10.6. The number of carboxylic acids is 1. The molecule has 1 saturated heterocycles. The summed E-state index contributed by atoms with van der Waals surface area (Å²) < 4.78 is 27.1. The van der Waals surface area contributed by atoms with Crippen LogP contribution in [0, 0.1) is 11.6 Å². The molecule has 37 heavy (non-hydrogen) atoms. The summed E-state index contributed by atoms with van der Waals surface area (Å²) in [6, 6.07) is 10.8. The van der Waals surface area contributed by atoms with Gasteiger partial charge in [0.15, 0.2) is 11.6 Å². The Labute approximate surface area is 222 Å². The maximum Gasteiger partial charge on any atom is 0.377 e. The van der Waals surface area contributed by atoms with Crippen LogP contribution in [0.25, 0.3) is 17.2 Å². The van der Waals surface area contributed by atoms with Gasteiger partial charge in [-0.3, -0.25) is 19.3 Å². The number of carboxylic acid groups (broad SMARTS) is 1. The largest absolute Gasteiger partial charge is 0.475 e. The molecule has 2 amide bonds. The molecule has 3 aromatic rings. The van der Waals surface area contributed by atoms with Crippen molar-refractivity contribution in [1.82, 2.24) is 4.90 Å². The molecule has 0 saturated carbocycles. The van der Waals surface area contributed by atoms with Crippen LogP contribution in [0.3, 0.4) is 0 Å². The smallest absolute Gasteiger partial charge is 0.377 e. The first kappa shape index (κ1) is 26.3. The molecule has 1 aromatic heterocycles. The van der Waals surface area contributed by atoms with Crippen molar-refractivity contribution in [3.8, 4) is 11.1 Å². The van der Waals surface area contributed by atoms with Crippen LogP contribution >= 0.6 is 35.3 Å². The van der Waals surface area contributed by atoms with Gasteiger partial charge in [0, 0.05) is 29.1 Å². The Hall–Kier alpha value is -3.74. The summed E-state index contributed by atoms with van der Waals surface area (Å²) in [6.07, 6.45) is 1.61. The van der Waals surface area contributed by atoms with Gasteiger partial charge in [-0.15, -0.1) is 11.3 Å². The van der Waals surface area contributed by atoms with Gasteiger partial charge in [-0.2, -0.15) is 0 Å². The first-order valence-corrected chi connectivity index (χ1v) is 12.7. The summed E-state index contributed by atoms with van der Waals surface area (Å²) in [5, 5.41) is 13.1. The standard InChI is InChI=1S/C25H16F2N2O5S3/c26-18-6-3-14(10-19(18)27)15-9-17(36-12-15)11-20-23(32)29(25(35)37-20)8-7-21(30)28-16-4-1-13(2-5-16)22(31)24(33)34/h1-6,9-12H,7-8H2,(H,28,30)(H,33,34)/b20-11-. The van der Waals surface area contributed by atoms with Crippen molar-refractivity contribution in [2.24, 2.45) is 0 Å². The lowest BCUT2D eigenvalue weighted by molar-refractivity contribution is -0.132. The Bertz CT molecular complexity index is 1470. The number of thiocarbonyl (C=S) groups is 1. The minimum atomic E-state index is -1.57. The molecule has 0 atom stereocenters. The van der Waals surface area contributed by atoms with E-state index in [9.17, 15) is 28.0 Å². The molecule has 2 aromatic carbocycles. The minimum Gasteiger partial charge on any atom is -0.475 e. The second-order valence-electron chi connectivity index (χ2n) is 7.71.